The molecule has 0 saturated heterocycles. The summed E-state index contributed by atoms with van der Waals surface area (Å²) in [6.45, 7) is 8.37. The van der Waals surface area contributed by atoms with Crippen molar-refractivity contribution in [3.8, 4) is 0 Å². The van der Waals surface area contributed by atoms with E-state index in [-0.39, 0.29) is 22.7 Å². The van der Waals surface area contributed by atoms with Gasteiger partial charge in [-0.05, 0) is 47.0 Å². The summed E-state index contributed by atoms with van der Waals surface area (Å²) in [7, 11) is 0. The van der Waals surface area contributed by atoms with Crippen LogP contribution in [-0.2, 0) is 16.8 Å². The van der Waals surface area contributed by atoms with Crippen LogP contribution >= 0.6 is 23.1 Å². The van der Waals surface area contributed by atoms with Gasteiger partial charge in [0.1, 0.15) is 5.51 Å². The Morgan fingerprint density at radius 3 is 2.96 bits per heavy atom. The summed E-state index contributed by atoms with van der Waals surface area (Å²) in [5, 5.41) is 15.4. The van der Waals surface area contributed by atoms with E-state index < -0.39 is 0 Å². The van der Waals surface area contributed by atoms with Gasteiger partial charge >= 0.3 is 0 Å². The molecule has 0 saturated carbocycles. The first-order valence-corrected chi connectivity index (χ1v) is 9.92. The van der Waals surface area contributed by atoms with Crippen LogP contribution in [-0.4, -0.2) is 31.1 Å². The molecular weight excluding hydrogens is 342 g/mol. The van der Waals surface area contributed by atoms with Crippen molar-refractivity contribution in [2.75, 3.05) is 0 Å². The quantitative estimate of drug-likeness (QED) is 0.843. The largest absolute Gasteiger partial charge is 0.348 e. The van der Waals surface area contributed by atoms with Gasteiger partial charge in [-0.3, -0.25) is 9.48 Å². The van der Waals surface area contributed by atoms with Gasteiger partial charge in [-0.25, -0.2) is 0 Å². The van der Waals surface area contributed by atoms with Crippen LogP contribution in [0, 0.1) is 0 Å². The van der Waals surface area contributed by atoms with Gasteiger partial charge in [0.15, 0.2) is 4.34 Å². The highest BCUT2D eigenvalue weighted by molar-refractivity contribution is 8.02. The molecule has 0 spiro atoms. The molecule has 0 aliphatic heterocycles. The number of nitrogens with zero attached hydrogens (tertiary/aromatic N) is 4. The molecule has 2 heterocycles. The number of thioether (sulfide) groups is 1. The third-order valence-electron chi connectivity index (χ3n) is 4.12. The lowest BCUT2D eigenvalue weighted by Gasteiger charge is -2.28. The number of hydrogen-bond donors (Lipinski definition) is 1. The highest BCUT2D eigenvalue weighted by atomic mass is 32.2. The minimum Gasteiger partial charge on any atom is -0.348 e. The molecule has 3 rings (SSSR count). The maximum atomic E-state index is 12.5. The first-order chi connectivity index (χ1) is 11.4. The first kappa shape index (κ1) is 17.4. The van der Waals surface area contributed by atoms with E-state index in [0.29, 0.717) is 0 Å². The number of carbonyl (C=O) groups excluding carboxylic acids is 1. The Morgan fingerprint density at radius 2 is 2.29 bits per heavy atom. The molecule has 0 radical (unpaired) electrons. The van der Waals surface area contributed by atoms with Gasteiger partial charge < -0.3 is 5.32 Å². The zero-order chi connectivity index (χ0) is 17.3. The molecule has 130 valence electrons. The molecule has 1 N–H and O–H groups in total. The first-order valence-electron chi connectivity index (χ1n) is 8.16. The molecule has 1 aliphatic carbocycles. The number of carbonyl (C=O) groups is 1. The van der Waals surface area contributed by atoms with E-state index in [9.17, 15) is 4.79 Å². The minimum atomic E-state index is -0.194. The van der Waals surface area contributed by atoms with Crippen LogP contribution in [0.5, 0.6) is 0 Å². The summed E-state index contributed by atoms with van der Waals surface area (Å²) in [6.07, 6.45) is 4.98. The summed E-state index contributed by atoms with van der Waals surface area (Å²) >= 11 is 2.91. The lowest BCUT2D eigenvalue weighted by molar-refractivity contribution is -0.121. The van der Waals surface area contributed by atoms with Crippen LogP contribution in [0.25, 0.3) is 0 Å². The van der Waals surface area contributed by atoms with Crippen molar-refractivity contribution in [3.63, 3.8) is 0 Å². The van der Waals surface area contributed by atoms with Gasteiger partial charge in [0, 0.05) is 11.3 Å². The van der Waals surface area contributed by atoms with Crippen molar-refractivity contribution in [1.82, 2.24) is 25.3 Å². The summed E-state index contributed by atoms with van der Waals surface area (Å²) in [6, 6.07) is 0.0508. The predicted molar refractivity (Wildman–Crippen MR) is 96.3 cm³/mol. The molecule has 2 unspecified atom stereocenters. The zero-order valence-corrected chi connectivity index (χ0v) is 16.1. The van der Waals surface area contributed by atoms with Crippen LogP contribution in [0.15, 0.2) is 16.0 Å². The van der Waals surface area contributed by atoms with Crippen LogP contribution < -0.4 is 5.32 Å². The van der Waals surface area contributed by atoms with Crippen molar-refractivity contribution in [1.29, 1.82) is 0 Å². The van der Waals surface area contributed by atoms with E-state index >= 15 is 0 Å². The Kier molecular flexibility index (Phi) is 4.96. The third-order valence-corrected chi connectivity index (χ3v) is 6.03. The summed E-state index contributed by atoms with van der Waals surface area (Å²) in [5.74, 6) is 0.0385. The van der Waals surface area contributed by atoms with E-state index in [2.05, 4.69) is 46.1 Å². The molecular formula is C16H23N5OS2. The van der Waals surface area contributed by atoms with Crippen LogP contribution in [0.2, 0.25) is 0 Å². The lowest BCUT2D eigenvalue weighted by Crippen LogP contribution is -2.36. The maximum Gasteiger partial charge on any atom is 0.233 e. The molecule has 1 aliphatic rings. The predicted octanol–water partition coefficient (Wildman–Crippen LogP) is 3.16. The SMILES string of the molecule is CC(Sc1nncs1)C(=O)NC1CCCc2c1cnn2C(C)(C)C. The number of fused-ring (bicyclic) bond motifs is 1. The maximum absolute atomic E-state index is 12.5. The highest BCUT2D eigenvalue weighted by Gasteiger charge is 2.30. The summed E-state index contributed by atoms with van der Waals surface area (Å²) < 4.78 is 2.92. The summed E-state index contributed by atoms with van der Waals surface area (Å²) in [4.78, 5) is 12.5. The van der Waals surface area contributed by atoms with E-state index in [4.69, 9.17) is 0 Å². The number of aromatic nitrogens is 4. The van der Waals surface area contributed by atoms with Gasteiger partial charge in [-0.2, -0.15) is 5.10 Å². The van der Waals surface area contributed by atoms with Gasteiger partial charge in [0.05, 0.1) is 23.0 Å². The average molecular weight is 366 g/mol. The third kappa shape index (κ3) is 3.64. The molecule has 24 heavy (non-hydrogen) atoms. The van der Waals surface area contributed by atoms with Crippen molar-refractivity contribution >= 4 is 29.0 Å². The van der Waals surface area contributed by atoms with E-state index in [0.717, 1.165) is 29.2 Å². The Labute approximate surface area is 150 Å². The number of rotatable bonds is 4. The Hall–Kier alpha value is -1.41. The Balaban J connectivity index is 1.71. The zero-order valence-electron chi connectivity index (χ0n) is 14.4. The number of hydrogen-bond acceptors (Lipinski definition) is 6. The molecule has 0 fully saturated rings. The number of nitrogens with one attached hydrogen (secondary N) is 1. The smallest absolute Gasteiger partial charge is 0.233 e. The average Bonchev–Trinajstić information content (AvgIpc) is 3.15. The van der Waals surface area contributed by atoms with Crippen molar-refractivity contribution < 1.29 is 4.79 Å². The fraction of sp³-hybridized carbons (Fsp3) is 0.625. The molecule has 0 bridgehead atoms. The Morgan fingerprint density at radius 1 is 1.50 bits per heavy atom. The van der Waals surface area contributed by atoms with E-state index in [1.54, 1.807) is 5.51 Å². The molecule has 2 aromatic heterocycles. The van der Waals surface area contributed by atoms with Crippen molar-refractivity contribution in [2.45, 2.75) is 68.1 Å². The van der Waals surface area contributed by atoms with Gasteiger partial charge in [-0.15, -0.1) is 10.2 Å². The second-order valence-electron chi connectivity index (χ2n) is 7.05. The standard InChI is InChI=1S/C16H23N5OS2/c1-10(24-15-20-17-9-23-15)14(22)19-12-6-5-7-13-11(12)8-18-21(13)16(2,3)4/h8-10,12H,5-7H2,1-4H3,(H,19,22). The molecule has 0 aromatic carbocycles. The monoisotopic (exact) mass is 365 g/mol. The second-order valence-corrected chi connectivity index (χ2v) is 9.47. The highest BCUT2D eigenvalue weighted by Crippen LogP contribution is 2.33. The second kappa shape index (κ2) is 6.84. The molecule has 6 nitrogen and oxygen atoms in total. The topological polar surface area (TPSA) is 72.7 Å². The minimum absolute atomic E-state index is 0.0385. The lowest BCUT2D eigenvalue weighted by atomic mass is 9.92. The van der Waals surface area contributed by atoms with E-state index in [1.165, 1.54) is 28.8 Å². The normalized spacial score (nSPS) is 18.9. The molecule has 2 aromatic rings. The van der Waals surface area contributed by atoms with Crippen molar-refractivity contribution in [2.24, 2.45) is 0 Å². The van der Waals surface area contributed by atoms with Crippen molar-refractivity contribution in [3.05, 3.63) is 23.0 Å². The fourth-order valence-electron chi connectivity index (χ4n) is 2.99. The van der Waals surface area contributed by atoms with Crippen LogP contribution in [0.1, 0.15) is 57.8 Å². The van der Waals surface area contributed by atoms with E-state index in [1.807, 2.05) is 13.1 Å². The van der Waals surface area contributed by atoms with Gasteiger partial charge in [-0.1, -0.05) is 23.1 Å². The molecule has 8 heteroatoms. The fourth-order valence-corrected chi connectivity index (χ4v) is 4.63. The van der Waals surface area contributed by atoms with Gasteiger partial charge in [0.25, 0.3) is 0 Å². The van der Waals surface area contributed by atoms with Crippen LogP contribution in [0.3, 0.4) is 0 Å². The number of amides is 1. The summed E-state index contributed by atoms with van der Waals surface area (Å²) in [5.41, 5.74) is 4.06. The molecule has 2 atom stereocenters. The molecule has 1 amide bonds. The van der Waals surface area contributed by atoms with Crippen LogP contribution in [0.4, 0.5) is 0 Å². The van der Waals surface area contributed by atoms with Gasteiger partial charge in [0.2, 0.25) is 5.91 Å². The Bertz CT molecular complexity index is 705.